The average molecular weight is 389 g/mol. The Bertz CT molecular complexity index is 643. The largest absolute Gasteiger partial charge is 0.488 e. The fraction of sp³-hybridized carbons (Fsp3) is 0.682. The summed E-state index contributed by atoms with van der Waals surface area (Å²) in [4.78, 5) is 6.93. The standard InChI is InChI=1S/C22H36N4O2/c1-4-26-10-5-6-18(15-26)13-24-22(23-3)25-14-19-8-7-17(2)12-21(19)28-20-9-11-27-16-20/h7-8,12,18,20H,4-6,9-11,13-16H2,1-3H3,(H2,23,24,25). The first-order valence-corrected chi connectivity index (χ1v) is 10.7. The van der Waals surface area contributed by atoms with E-state index in [1.54, 1.807) is 0 Å². The summed E-state index contributed by atoms with van der Waals surface area (Å²) in [7, 11) is 1.83. The Morgan fingerprint density at radius 3 is 2.96 bits per heavy atom. The van der Waals surface area contributed by atoms with Crippen LogP contribution in [-0.2, 0) is 11.3 Å². The van der Waals surface area contributed by atoms with Gasteiger partial charge >= 0.3 is 0 Å². The third-order valence-corrected chi connectivity index (χ3v) is 5.68. The molecule has 0 spiro atoms. The van der Waals surface area contributed by atoms with E-state index in [1.165, 1.54) is 31.5 Å². The lowest BCUT2D eigenvalue weighted by Crippen LogP contribution is -2.44. The number of likely N-dealkylation sites (tertiary alicyclic amines) is 1. The molecular weight excluding hydrogens is 352 g/mol. The van der Waals surface area contributed by atoms with Crippen molar-refractivity contribution >= 4 is 5.96 Å². The maximum atomic E-state index is 6.20. The summed E-state index contributed by atoms with van der Waals surface area (Å²) in [6.45, 7) is 11.0. The van der Waals surface area contributed by atoms with Crippen molar-refractivity contribution in [2.24, 2.45) is 10.9 Å². The van der Waals surface area contributed by atoms with Gasteiger partial charge in [-0.1, -0.05) is 19.1 Å². The van der Waals surface area contributed by atoms with Crippen LogP contribution in [0.1, 0.15) is 37.3 Å². The molecule has 2 saturated heterocycles. The molecular formula is C22H36N4O2. The van der Waals surface area contributed by atoms with Crippen molar-refractivity contribution in [2.75, 3.05) is 46.4 Å². The highest BCUT2D eigenvalue weighted by Crippen LogP contribution is 2.23. The van der Waals surface area contributed by atoms with Gasteiger partial charge in [-0.2, -0.15) is 0 Å². The van der Waals surface area contributed by atoms with Gasteiger partial charge in [0.15, 0.2) is 5.96 Å². The minimum atomic E-state index is 0.158. The van der Waals surface area contributed by atoms with E-state index in [4.69, 9.17) is 9.47 Å². The van der Waals surface area contributed by atoms with E-state index in [0.717, 1.165) is 43.4 Å². The number of aryl methyl sites for hydroxylation is 1. The lowest BCUT2D eigenvalue weighted by Gasteiger charge is -2.32. The second kappa shape index (κ2) is 10.7. The van der Waals surface area contributed by atoms with Crippen LogP contribution in [-0.4, -0.2) is 63.4 Å². The predicted molar refractivity (Wildman–Crippen MR) is 114 cm³/mol. The summed E-state index contributed by atoms with van der Waals surface area (Å²) in [6.07, 6.45) is 3.70. The molecule has 2 atom stereocenters. The number of aliphatic imine (C=N–C) groups is 1. The molecule has 2 N–H and O–H groups in total. The first kappa shape index (κ1) is 20.9. The highest BCUT2D eigenvalue weighted by Gasteiger charge is 2.20. The lowest BCUT2D eigenvalue weighted by atomic mass is 9.98. The summed E-state index contributed by atoms with van der Waals surface area (Å²) < 4.78 is 11.6. The molecule has 2 aliphatic rings. The van der Waals surface area contributed by atoms with E-state index in [-0.39, 0.29) is 6.10 Å². The molecule has 6 nitrogen and oxygen atoms in total. The molecule has 0 radical (unpaired) electrons. The minimum Gasteiger partial charge on any atom is -0.488 e. The highest BCUT2D eigenvalue weighted by molar-refractivity contribution is 5.79. The Kier molecular flexibility index (Phi) is 7.98. The van der Waals surface area contributed by atoms with Gasteiger partial charge in [0, 0.05) is 38.7 Å². The van der Waals surface area contributed by atoms with Crippen LogP contribution < -0.4 is 15.4 Å². The molecule has 3 rings (SSSR count). The highest BCUT2D eigenvalue weighted by atomic mass is 16.5. The van der Waals surface area contributed by atoms with E-state index in [2.05, 4.69) is 52.6 Å². The zero-order valence-electron chi connectivity index (χ0n) is 17.7. The molecule has 0 bridgehead atoms. The van der Waals surface area contributed by atoms with E-state index in [1.807, 2.05) is 7.05 Å². The molecule has 2 heterocycles. The second-order valence-corrected chi connectivity index (χ2v) is 7.92. The summed E-state index contributed by atoms with van der Waals surface area (Å²) in [5, 5.41) is 6.96. The molecule has 0 aliphatic carbocycles. The summed E-state index contributed by atoms with van der Waals surface area (Å²) in [5.74, 6) is 2.49. The maximum absolute atomic E-state index is 6.20. The average Bonchev–Trinajstić information content (AvgIpc) is 3.22. The third kappa shape index (κ3) is 6.11. The van der Waals surface area contributed by atoms with Crippen LogP contribution in [0.2, 0.25) is 0 Å². The van der Waals surface area contributed by atoms with Crippen LogP contribution in [0.5, 0.6) is 5.75 Å². The van der Waals surface area contributed by atoms with Gasteiger partial charge in [-0.15, -0.1) is 0 Å². The van der Waals surface area contributed by atoms with Gasteiger partial charge in [0.25, 0.3) is 0 Å². The number of nitrogens with zero attached hydrogens (tertiary/aromatic N) is 2. The van der Waals surface area contributed by atoms with Gasteiger partial charge in [0.05, 0.1) is 13.2 Å². The van der Waals surface area contributed by atoms with Crippen LogP contribution in [0.3, 0.4) is 0 Å². The van der Waals surface area contributed by atoms with E-state index >= 15 is 0 Å². The van der Waals surface area contributed by atoms with Crippen LogP contribution >= 0.6 is 0 Å². The number of rotatable bonds is 7. The van der Waals surface area contributed by atoms with Gasteiger partial charge in [-0.25, -0.2) is 0 Å². The SMILES string of the molecule is CCN1CCCC(CNC(=NC)NCc2ccc(C)cc2OC2CCOC2)C1. The number of hydrogen-bond acceptors (Lipinski definition) is 4. The molecule has 1 aromatic carbocycles. The fourth-order valence-electron chi connectivity index (χ4n) is 3.95. The van der Waals surface area contributed by atoms with Crippen molar-refractivity contribution in [3.05, 3.63) is 29.3 Å². The first-order valence-electron chi connectivity index (χ1n) is 10.7. The van der Waals surface area contributed by atoms with Crippen molar-refractivity contribution in [1.29, 1.82) is 0 Å². The molecule has 6 heteroatoms. The second-order valence-electron chi connectivity index (χ2n) is 7.92. The predicted octanol–water partition coefficient (Wildman–Crippen LogP) is 2.56. The first-order chi connectivity index (χ1) is 13.7. The Hall–Kier alpha value is -1.79. The van der Waals surface area contributed by atoms with Gasteiger partial charge in [-0.05, 0) is 50.4 Å². The number of piperidine rings is 1. The smallest absolute Gasteiger partial charge is 0.191 e. The van der Waals surface area contributed by atoms with Gasteiger partial charge in [0.2, 0.25) is 0 Å². The Morgan fingerprint density at radius 1 is 1.32 bits per heavy atom. The number of guanidine groups is 1. The quantitative estimate of drug-likeness (QED) is 0.555. The fourth-order valence-corrected chi connectivity index (χ4v) is 3.95. The van der Waals surface area contributed by atoms with Crippen molar-refractivity contribution in [3.8, 4) is 5.75 Å². The normalized spacial score (nSPS) is 23.6. The molecule has 2 aliphatic heterocycles. The minimum absolute atomic E-state index is 0.158. The molecule has 2 fully saturated rings. The number of hydrogen-bond donors (Lipinski definition) is 2. The Morgan fingerprint density at radius 2 is 2.21 bits per heavy atom. The van der Waals surface area contributed by atoms with Crippen LogP contribution in [0.4, 0.5) is 0 Å². The van der Waals surface area contributed by atoms with Gasteiger partial charge in [-0.3, -0.25) is 4.99 Å². The summed E-state index contributed by atoms with van der Waals surface area (Å²) >= 11 is 0. The molecule has 2 unspecified atom stereocenters. The zero-order valence-corrected chi connectivity index (χ0v) is 17.7. The zero-order chi connectivity index (χ0) is 19.8. The van der Waals surface area contributed by atoms with E-state index in [9.17, 15) is 0 Å². The van der Waals surface area contributed by atoms with Crippen LogP contribution in [0.25, 0.3) is 0 Å². The summed E-state index contributed by atoms with van der Waals surface area (Å²) in [6, 6.07) is 6.39. The molecule has 0 amide bonds. The molecule has 156 valence electrons. The van der Waals surface area contributed by atoms with Crippen molar-refractivity contribution in [3.63, 3.8) is 0 Å². The van der Waals surface area contributed by atoms with Crippen molar-refractivity contribution in [2.45, 2.75) is 45.8 Å². The van der Waals surface area contributed by atoms with Gasteiger partial charge in [0.1, 0.15) is 11.9 Å². The monoisotopic (exact) mass is 388 g/mol. The van der Waals surface area contributed by atoms with E-state index < -0.39 is 0 Å². The van der Waals surface area contributed by atoms with Gasteiger partial charge < -0.3 is 25.0 Å². The third-order valence-electron chi connectivity index (χ3n) is 5.68. The topological polar surface area (TPSA) is 58.1 Å². The number of benzene rings is 1. The number of nitrogens with one attached hydrogen (secondary N) is 2. The molecule has 0 saturated carbocycles. The maximum Gasteiger partial charge on any atom is 0.191 e. The lowest BCUT2D eigenvalue weighted by molar-refractivity contribution is 0.140. The van der Waals surface area contributed by atoms with Crippen molar-refractivity contribution < 1.29 is 9.47 Å². The Labute approximate surface area is 169 Å². The van der Waals surface area contributed by atoms with E-state index in [0.29, 0.717) is 19.1 Å². The Balaban J connectivity index is 1.51. The van der Waals surface area contributed by atoms with Crippen LogP contribution in [0.15, 0.2) is 23.2 Å². The molecule has 1 aromatic rings. The summed E-state index contributed by atoms with van der Waals surface area (Å²) in [5.41, 5.74) is 2.35. The van der Waals surface area contributed by atoms with Crippen LogP contribution in [0, 0.1) is 12.8 Å². The molecule has 28 heavy (non-hydrogen) atoms. The molecule has 0 aromatic heterocycles. The number of ether oxygens (including phenoxy) is 2. The van der Waals surface area contributed by atoms with Crippen molar-refractivity contribution in [1.82, 2.24) is 15.5 Å².